The SMILES string of the molecule is CC(N)C1CCN(Cc2ccc(Br)cc2F)CC1. The second kappa shape index (κ2) is 6.13. The van der Waals surface area contributed by atoms with E-state index in [0.29, 0.717) is 12.5 Å². The van der Waals surface area contributed by atoms with E-state index >= 15 is 0 Å². The molecule has 0 bridgehead atoms. The second-order valence-corrected chi connectivity index (χ2v) is 6.12. The molecule has 2 nitrogen and oxygen atoms in total. The molecule has 1 atom stereocenters. The third kappa shape index (κ3) is 3.53. The van der Waals surface area contributed by atoms with Gasteiger partial charge in [-0.2, -0.15) is 0 Å². The zero-order chi connectivity index (χ0) is 13.1. The van der Waals surface area contributed by atoms with Gasteiger partial charge >= 0.3 is 0 Å². The van der Waals surface area contributed by atoms with Crippen LogP contribution in [0.25, 0.3) is 0 Å². The summed E-state index contributed by atoms with van der Waals surface area (Å²) in [6.07, 6.45) is 2.24. The van der Waals surface area contributed by atoms with Gasteiger partial charge in [0.25, 0.3) is 0 Å². The number of benzene rings is 1. The van der Waals surface area contributed by atoms with Gasteiger partial charge in [-0.1, -0.05) is 22.0 Å². The summed E-state index contributed by atoms with van der Waals surface area (Å²) < 4.78 is 14.5. The van der Waals surface area contributed by atoms with Gasteiger partial charge in [0.1, 0.15) is 5.82 Å². The molecular weight excluding hydrogens is 295 g/mol. The Labute approximate surface area is 116 Å². The lowest BCUT2D eigenvalue weighted by Gasteiger charge is -2.33. The molecule has 0 saturated carbocycles. The van der Waals surface area contributed by atoms with Crippen molar-refractivity contribution in [2.24, 2.45) is 11.7 Å². The van der Waals surface area contributed by atoms with Gasteiger partial charge in [0, 0.05) is 22.6 Å². The molecule has 1 heterocycles. The fraction of sp³-hybridized carbons (Fsp3) is 0.571. The van der Waals surface area contributed by atoms with Crippen molar-refractivity contribution in [2.45, 2.75) is 32.4 Å². The van der Waals surface area contributed by atoms with Crippen LogP contribution >= 0.6 is 15.9 Å². The van der Waals surface area contributed by atoms with Crippen LogP contribution in [0.4, 0.5) is 4.39 Å². The Kier molecular flexibility index (Phi) is 4.76. The van der Waals surface area contributed by atoms with Gasteiger partial charge in [-0.15, -0.1) is 0 Å². The minimum absolute atomic E-state index is 0.126. The van der Waals surface area contributed by atoms with Crippen LogP contribution in [0.5, 0.6) is 0 Å². The van der Waals surface area contributed by atoms with E-state index in [9.17, 15) is 4.39 Å². The summed E-state index contributed by atoms with van der Waals surface area (Å²) in [5.74, 6) is 0.495. The molecule has 0 radical (unpaired) electrons. The van der Waals surface area contributed by atoms with Gasteiger partial charge < -0.3 is 5.73 Å². The van der Waals surface area contributed by atoms with Gasteiger partial charge in [0.15, 0.2) is 0 Å². The Hall–Kier alpha value is -0.450. The summed E-state index contributed by atoms with van der Waals surface area (Å²) >= 11 is 3.28. The molecule has 2 rings (SSSR count). The lowest BCUT2D eigenvalue weighted by molar-refractivity contribution is 0.164. The molecule has 1 saturated heterocycles. The van der Waals surface area contributed by atoms with Crippen LogP contribution in [0.1, 0.15) is 25.3 Å². The lowest BCUT2D eigenvalue weighted by Crippen LogP contribution is -2.39. The van der Waals surface area contributed by atoms with Gasteiger partial charge in [0.2, 0.25) is 0 Å². The summed E-state index contributed by atoms with van der Waals surface area (Å²) in [7, 11) is 0. The molecule has 1 aliphatic heterocycles. The van der Waals surface area contributed by atoms with Crippen molar-refractivity contribution in [1.82, 2.24) is 4.90 Å². The monoisotopic (exact) mass is 314 g/mol. The average molecular weight is 315 g/mol. The number of likely N-dealkylation sites (tertiary alicyclic amines) is 1. The Morgan fingerprint density at radius 1 is 1.44 bits per heavy atom. The molecule has 18 heavy (non-hydrogen) atoms. The zero-order valence-corrected chi connectivity index (χ0v) is 12.3. The van der Waals surface area contributed by atoms with E-state index < -0.39 is 0 Å². The van der Waals surface area contributed by atoms with Crippen molar-refractivity contribution < 1.29 is 4.39 Å². The van der Waals surface area contributed by atoms with Crippen molar-refractivity contribution in [3.05, 3.63) is 34.1 Å². The number of rotatable bonds is 3. The van der Waals surface area contributed by atoms with Gasteiger partial charge in [0.05, 0.1) is 0 Å². The van der Waals surface area contributed by atoms with Crippen molar-refractivity contribution >= 4 is 15.9 Å². The highest BCUT2D eigenvalue weighted by atomic mass is 79.9. The fourth-order valence-corrected chi connectivity index (χ4v) is 2.86. The van der Waals surface area contributed by atoms with Crippen LogP contribution in [0.15, 0.2) is 22.7 Å². The Morgan fingerprint density at radius 2 is 2.11 bits per heavy atom. The molecule has 2 N–H and O–H groups in total. The number of hydrogen-bond donors (Lipinski definition) is 1. The van der Waals surface area contributed by atoms with Gasteiger partial charge in [-0.3, -0.25) is 4.90 Å². The van der Waals surface area contributed by atoms with Crippen molar-refractivity contribution in [3.8, 4) is 0 Å². The average Bonchev–Trinajstić information content (AvgIpc) is 2.33. The molecule has 4 heteroatoms. The van der Waals surface area contributed by atoms with E-state index in [4.69, 9.17) is 5.73 Å². The quantitative estimate of drug-likeness (QED) is 0.928. The number of hydrogen-bond acceptors (Lipinski definition) is 2. The van der Waals surface area contributed by atoms with E-state index in [2.05, 4.69) is 27.8 Å². The maximum atomic E-state index is 13.7. The zero-order valence-electron chi connectivity index (χ0n) is 10.7. The number of nitrogens with zero attached hydrogens (tertiary/aromatic N) is 1. The highest BCUT2D eigenvalue weighted by Gasteiger charge is 2.22. The minimum Gasteiger partial charge on any atom is -0.328 e. The third-order valence-corrected chi connectivity index (χ3v) is 4.28. The van der Waals surface area contributed by atoms with E-state index in [1.54, 1.807) is 0 Å². The molecule has 0 aliphatic carbocycles. The third-order valence-electron chi connectivity index (χ3n) is 3.78. The van der Waals surface area contributed by atoms with Crippen LogP contribution < -0.4 is 5.73 Å². The minimum atomic E-state index is -0.126. The number of nitrogens with two attached hydrogens (primary N) is 1. The molecule has 100 valence electrons. The molecule has 1 aromatic rings. The predicted molar refractivity (Wildman–Crippen MR) is 75.8 cm³/mol. The lowest BCUT2D eigenvalue weighted by atomic mass is 9.91. The number of piperidine rings is 1. The second-order valence-electron chi connectivity index (χ2n) is 5.21. The van der Waals surface area contributed by atoms with E-state index in [1.165, 1.54) is 6.07 Å². The van der Waals surface area contributed by atoms with E-state index in [1.807, 2.05) is 12.1 Å². The summed E-state index contributed by atoms with van der Waals surface area (Å²) in [5.41, 5.74) is 6.70. The largest absolute Gasteiger partial charge is 0.328 e. The first-order valence-corrected chi connectivity index (χ1v) is 7.27. The first-order valence-electron chi connectivity index (χ1n) is 6.48. The first kappa shape index (κ1) is 14.0. The van der Waals surface area contributed by atoms with Gasteiger partial charge in [-0.05, 0) is 50.9 Å². The molecule has 1 fully saturated rings. The number of halogens is 2. The van der Waals surface area contributed by atoms with Crippen molar-refractivity contribution in [3.63, 3.8) is 0 Å². The standard InChI is InChI=1S/C14H20BrFN2/c1-10(17)11-4-6-18(7-5-11)9-12-2-3-13(15)8-14(12)16/h2-3,8,10-11H,4-7,9,17H2,1H3. The Morgan fingerprint density at radius 3 is 2.67 bits per heavy atom. The molecule has 0 spiro atoms. The van der Waals surface area contributed by atoms with Crippen molar-refractivity contribution in [2.75, 3.05) is 13.1 Å². The first-order chi connectivity index (χ1) is 8.56. The van der Waals surface area contributed by atoms with Crippen LogP contribution in [-0.2, 0) is 6.54 Å². The molecule has 1 unspecified atom stereocenters. The topological polar surface area (TPSA) is 29.3 Å². The van der Waals surface area contributed by atoms with Gasteiger partial charge in [-0.25, -0.2) is 4.39 Å². The van der Waals surface area contributed by atoms with E-state index in [-0.39, 0.29) is 11.9 Å². The molecule has 0 amide bonds. The predicted octanol–water partition coefficient (Wildman–Crippen LogP) is 3.15. The highest BCUT2D eigenvalue weighted by Crippen LogP contribution is 2.22. The molecule has 0 aromatic heterocycles. The van der Waals surface area contributed by atoms with Crippen LogP contribution in [0.2, 0.25) is 0 Å². The summed E-state index contributed by atoms with van der Waals surface area (Å²) in [4.78, 5) is 2.31. The summed E-state index contributed by atoms with van der Waals surface area (Å²) in [6, 6.07) is 5.56. The van der Waals surface area contributed by atoms with Crippen LogP contribution in [0, 0.1) is 11.7 Å². The molecule has 1 aromatic carbocycles. The molecular formula is C14H20BrFN2. The molecule has 1 aliphatic rings. The van der Waals surface area contributed by atoms with E-state index in [0.717, 1.165) is 36.0 Å². The summed E-state index contributed by atoms with van der Waals surface area (Å²) in [6.45, 7) is 4.81. The van der Waals surface area contributed by atoms with Crippen molar-refractivity contribution in [1.29, 1.82) is 0 Å². The van der Waals surface area contributed by atoms with Crippen LogP contribution in [0.3, 0.4) is 0 Å². The maximum Gasteiger partial charge on any atom is 0.128 e. The Bertz CT molecular complexity index is 401. The summed E-state index contributed by atoms with van der Waals surface area (Å²) in [5, 5.41) is 0. The van der Waals surface area contributed by atoms with Crippen LogP contribution in [-0.4, -0.2) is 24.0 Å². The highest BCUT2D eigenvalue weighted by molar-refractivity contribution is 9.10. The maximum absolute atomic E-state index is 13.7. The fourth-order valence-electron chi connectivity index (χ4n) is 2.53. The smallest absolute Gasteiger partial charge is 0.128 e. The normalized spacial score (nSPS) is 20.0. The Balaban J connectivity index is 1.91.